The molecule has 1 aromatic rings. The summed E-state index contributed by atoms with van der Waals surface area (Å²) in [5, 5.41) is 4.43. The zero-order valence-electron chi connectivity index (χ0n) is 10.7. The lowest BCUT2D eigenvalue weighted by Gasteiger charge is -2.23. The Bertz CT molecular complexity index is 331. The molecule has 1 rings (SSSR count). The molecular formula is C15H22ClN. The molecule has 0 aliphatic rings. The highest BCUT2D eigenvalue weighted by molar-refractivity contribution is 6.30. The summed E-state index contributed by atoms with van der Waals surface area (Å²) in [6.45, 7) is 8.19. The number of rotatable bonds is 7. The summed E-state index contributed by atoms with van der Waals surface area (Å²) < 4.78 is 0. The fourth-order valence-electron chi connectivity index (χ4n) is 1.99. The first-order chi connectivity index (χ1) is 8.17. The average molecular weight is 252 g/mol. The van der Waals surface area contributed by atoms with Crippen LogP contribution in [0.25, 0.3) is 0 Å². The van der Waals surface area contributed by atoms with E-state index in [4.69, 9.17) is 11.6 Å². The summed E-state index contributed by atoms with van der Waals surface area (Å²) >= 11 is 5.92. The molecule has 0 bridgehead atoms. The van der Waals surface area contributed by atoms with Crippen molar-refractivity contribution in [3.63, 3.8) is 0 Å². The monoisotopic (exact) mass is 251 g/mol. The Hall–Kier alpha value is -0.790. The minimum absolute atomic E-state index is 0.409. The first-order valence-electron chi connectivity index (χ1n) is 6.29. The number of hydrogen-bond donors (Lipinski definition) is 1. The molecule has 0 aliphatic heterocycles. The van der Waals surface area contributed by atoms with Gasteiger partial charge in [0.25, 0.3) is 0 Å². The number of halogens is 1. The van der Waals surface area contributed by atoms with Crippen LogP contribution in [0.2, 0.25) is 5.02 Å². The lowest BCUT2D eigenvalue weighted by molar-refractivity contribution is 0.432. The Morgan fingerprint density at radius 3 is 2.53 bits per heavy atom. The summed E-state index contributed by atoms with van der Waals surface area (Å²) in [4.78, 5) is 0. The number of benzene rings is 1. The van der Waals surface area contributed by atoms with Crippen molar-refractivity contribution in [1.82, 2.24) is 5.32 Å². The van der Waals surface area contributed by atoms with Crippen LogP contribution >= 0.6 is 11.6 Å². The van der Waals surface area contributed by atoms with E-state index in [1.807, 2.05) is 18.2 Å². The summed E-state index contributed by atoms with van der Waals surface area (Å²) in [6, 6.07) is 9.00. The molecule has 0 amide bonds. The molecule has 94 valence electrons. The molecule has 0 aliphatic carbocycles. The van der Waals surface area contributed by atoms with Crippen molar-refractivity contribution < 1.29 is 0 Å². The second-order valence-electron chi connectivity index (χ2n) is 4.48. The molecule has 0 aromatic heterocycles. The van der Waals surface area contributed by atoms with Gasteiger partial charge in [-0.3, -0.25) is 0 Å². The van der Waals surface area contributed by atoms with Gasteiger partial charge < -0.3 is 5.32 Å². The molecule has 2 heteroatoms. The van der Waals surface area contributed by atoms with E-state index in [1.165, 1.54) is 12.0 Å². The van der Waals surface area contributed by atoms with E-state index in [0.717, 1.165) is 17.9 Å². The van der Waals surface area contributed by atoms with Crippen molar-refractivity contribution in [3.8, 4) is 0 Å². The molecule has 0 saturated heterocycles. The Morgan fingerprint density at radius 1 is 1.35 bits per heavy atom. The zero-order chi connectivity index (χ0) is 12.7. The summed E-state index contributed by atoms with van der Waals surface area (Å²) in [6.07, 6.45) is 5.26. The number of nitrogens with one attached hydrogen (secondary N) is 1. The van der Waals surface area contributed by atoms with E-state index in [9.17, 15) is 0 Å². The Labute approximate surface area is 110 Å². The zero-order valence-corrected chi connectivity index (χ0v) is 11.5. The van der Waals surface area contributed by atoms with Crippen LogP contribution in [0, 0.1) is 0 Å². The maximum absolute atomic E-state index is 5.92. The molecule has 2 atom stereocenters. The maximum Gasteiger partial charge on any atom is 0.0406 e. The van der Waals surface area contributed by atoms with Crippen LogP contribution in [0.5, 0.6) is 0 Å². The molecular weight excluding hydrogens is 230 g/mol. The molecule has 0 radical (unpaired) electrons. The quantitative estimate of drug-likeness (QED) is 0.691. The van der Waals surface area contributed by atoms with Crippen LogP contribution in [0.4, 0.5) is 0 Å². The van der Waals surface area contributed by atoms with Gasteiger partial charge in [-0.2, -0.15) is 0 Å². The van der Waals surface area contributed by atoms with E-state index in [-0.39, 0.29) is 0 Å². The van der Waals surface area contributed by atoms with Crippen LogP contribution in [0.1, 0.15) is 44.7 Å². The van der Waals surface area contributed by atoms with Gasteiger partial charge in [0.2, 0.25) is 0 Å². The minimum atomic E-state index is 0.409. The van der Waals surface area contributed by atoms with Gasteiger partial charge in [-0.25, -0.2) is 0 Å². The molecule has 0 fully saturated rings. The van der Waals surface area contributed by atoms with E-state index < -0.39 is 0 Å². The largest absolute Gasteiger partial charge is 0.307 e. The van der Waals surface area contributed by atoms with Crippen LogP contribution in [0.15, 0.2) is 36.9 Å². The van der Waals surface area contributed by atoms with E-state index in [1.54, 1.807) is 0 Å². The van der Waals surface area contributed by atoms with Crippen LogP contribution in [-0.4, -0.2) is 6.04 Å². The topological polar surface area (TPSA) is 12.0 Å². The molecule has 1 aromatic carbocycles. The van der Waals surface area contributed by atoms with Gasteiger partial charge in [0.15, 0.2) is 0 Å². The van der Waals surface area contributed by atoms with Crippen molar-refractivity contribution in [1.29, 1.82) is 0 Å². The fraction of sp³-hybridized carbons (Fsp3) is 0.467. The third-order valence-electron chi connectivity index (χ3n) is 2.86. The van der Waals surface area contributed by atoms with Crippen molar-refractivity contribution >= 4 is 11.6 Å². The van der Waals surface area contributed by atoms with Crippen LogP contribution in [-0.2, 0) is 0 Å². The third kappa shape index (κ3) is 4.93. The number of hydrogen-bond acceptors (Lipinski definition) is 1. The van der Waals surface area contributed by atoms with Gasteiger partial charge >= 0.3 is 0 Å². The second-order valence-corrected chi connectivity index (χ2v) is 4.92. The van der Waals surface area contributed by atoms with Gasteiger partial charge in [0.05, 0.1) is 0 Å². The highest BCUT2D eigenvalue weighted by atomic mass is 35.5. The summed E-state index contributed by atoms with van der Waals surface area (Å²) in [5.74, 6) is 0. The molecule has 0 saturated carbocycles. The molecule has 1 N–H and O–H groups in total. The van der Waals surface area contributed by atoms with Crippen molar-refractivity contribution in [2.24, 2.45) is 0 Å². The highest BCUT2D eigenvalue weighted by Crippen LogP contribution is 2.21. The van der Waals surface area contributed by atoms with Gasteiger partial charge in [0.1, 0.15) is 0 Å². The van der Waals surface area contributed by atoms with E-state index >= 15 is 0 Å². The second kappa shape index (κ2) is 7.52. The highest BCUT2D eigenvalue weighted by Gasteiger charge is 2.12. The predicted octanol–water partition coefficient (Wildman–Crippen LogP) is 4.74. The average Bonchev–Trinajstić information content (AvgIpc) is 2.30. The minimum Gasteiger partial charge on any atom is -0.307 e. The van der Waals surface area contributed by atoms with Gasteiger partial charge in [-0.05, 0) is 37.5 Å². The Balaban J connectivity index is 2.70. The standard InChI is InChI=1S/C15H22ClN/c1-4-6-12(3)17-15(7-5-2)13-8-10-14(16)11-9-13/h4,8-12,15,17H,1,5-7H2,2-3H3. The van der Waals surface area contributed by atoms with Gasteiger partial charge in [-0.1, -0.05) is 43.2 Å². The van der Waals surface area contributed by atoms with Crippen molar-refractivity contribution in [2.75, 3.05) is 0 Å². The molecule has 1 nitrogen and oxygen atoms in total. The molecule has 2 unspecified atom stereocenters. The van der Waals surface area contributed by atoms with Crippen molar-refractivity contribution in [2.45, 2.75) is 45.2 Å². The van der Waals surface area contributed by atoms with Crippen LogP contribution < -0.4 is 5.32 Å². The fourth-order valence-corrected chi connectivity index (χ4v) is 2.12. The SMILES string of the molecule is C=CCC(C)NC(CCC)c1ccc(Cl)cc1. The van der Waals surface area contributed by atoms with Crippen molar-refractivity contribution in [3.05, 3.63) is 47.5 Å². The third-order valence-corrected chi connectivity index (χ3v) is 3.11. The van der Waals surface area contributed by atoms with E-state index in [2.05, 4.69) is 37.9 Å². The molecule has 0 heterocycles. The lowest BCUT2D eigenvalue weighted by Crippen LogP contribution is -2.30. The van der Waals surface area contributed by atoms with E-state index in [0.29, 0.717) is 12.1 Å². The predicted molar refractivity (Wildman–Crippen MR) is 76.5 cm³/mol. The Morgan fingerprint density at radius 2 is 2.00 bits per heavy atom. The maximum atomic E-state index is 5.92. The summed E-state index contributed by atoms with van der Waals surface area (Å²) in [7, 11) is 0. The van der Waals surface area contributed by atoms with Gasteiger partial charge in [0, 0.05) is 17.1 Å². The normalized spacial score (nSPS) is 14.3. The molecule has 17 heavy (non-hydrogen) atoms. The first kappa shape index (κ1) is 14.3. The molecule has 0 spiro atoms. The smallest absolute Gasteiger partial charge is 0.0406 e. The lowest BCUT2D eigenvalue weighted by atomic mass is 10.0. The first-order valence-corrected chi connectivity index (χ1v) is 6.67. The van der Waals surface area contributed by atoms with Gasteiger partial charge in [-0.15, -0.1) is 6.58 Å². The summed E-state index contributed by atoms with van der Waals surface area (Å²) in [5.41, 5.74) is 1.31. The van der Waals surface area contributed by atoms with Crippen LogP contribution in [0.3, 0.4) is 0 Å². The Kier molecular flexibility index (Phi) is 6.31.